The minimum Gasteiger partial charge on any atom is -0.340 e. The van der Waals surface area contributed by atoms with Gasteiger partial charge in [-0.2, -0.15) is 0 Å². The van der Waals surface area contributed by atoms with Crippen LogP contribution in [0.5, 0.6) is 0 Å². The molecular formula is C13H20N2O2. The molecule has 0 radical (unpaired) electrons. The largest absolute Gasteiger partial charge is 0.340 e. The first-order valence-electron chi connectivity index (χ1n) is 6.17. The topological polar surface area (TPSA) is 49.4 Å². The Labute approximate surface area is 102 Å². The van der Waals surface area contributed by atoms with E-state index in [1.807, 2.05) is 26.8 Å². The van der Waals surface area contributed by atoms with Gasteiger partial charge in [-0.25, -0.2) is 0 Å². The lowest BCUT2D eigenvalue weighted by Crippen LogP contribution is -2.66. The number of hydrogen-bond acceptors (Lipinski definition) is 2. The fraction of sp³-hybridized carbons (Fsp3) is 0.692. The molecule has 4 nitrogen and oxygen atoms in total. The zero-order chi connectivity index (χ0) is 12.6. The minimum atomic E-state index is -0.662. The Morgan fingerprint density at radius 2 is 2.12 bits per heavy atom. The summed E-state index contributed by atoms with van der Waals surface area (Å²) in [6.07, 6.45) is 4.07. The summed E-state index contributed by atoms with van der Waals surface area (Å²) in [5.74, 6) is 0.353. The zero-order valence-electron chi connectivity index (χ0n) is 10.7. The summed E-state index contributed by atoms with van der Waals surface area (Å²) in [5, 5.41) is 2.87. The van der Waals surface area contributed by atoms with Gasteiger partial charge in [-0.15, -0.1) is 0 Å². The second kappa shape index (κ2) is 4.17. The molecule has 1 aliphatic heterocycles. The number of amides is 2. The van der Waals surface area contributed by atoms with Gasteiger partial charge in [0.25, 0.3) is 0 Å². The van der Waals surface area contributed by atoms with Crippen LogP contribution in [0.3, 0.4) is 0 Å². The van der Waals surface area contributed by atoms with Crippen molar-refractivity contribution in [1.82, 2.24) is 10.2 Å². The monoisotopic (exact) mass is 236 g/mol. The van der Waals surface area contributed by atoms with Gasteiger partial charge >= 0.3 is 0 Å². The van der Waals surface area contributed by atoms with Crippen LogP contribution < -0.4 is 5.32 Å². The van der Waals surface area contributed by atoms with Gasteiger partial charge in [-0.05, 0) is 39.5 Å². The lowest BCUT2D eigenvalue weighted by molar-refractivity contribution is -0.149. The molecule has 2 rings (SSSR count). The Balaban J connectivity index is 2.14. The van der Waals surface area contributed by atoms with Crippen molar-refractivity contribution < 1.29 is 9.59 Å². The normalized spacial score (nSPS) is 29.0. The van der Waals surface area contributed by atoms with Crippen LogP contribution in [-0.4, -0.2) is 35.3 Å². The highest BCUT2D eigenvalue weighted by atomic mass is 16.2. The first-order chi connectivity index (χ1) is 7.93. The molecule has 2 amide bonds. The summed E-state index contributed by atoms with van der Waals surface area (Å²) in [6, 6.07) is 0. The number of allylic oxidation sites excluding steroid dienone is 1. The highest BCUT2D eigenvalue weighted by molar-refractivity contribution is 5.98. The third-order valence-electron chi connectivity index (χ3n) is 3.58. The number of nitrogens with one attached hydrogen (secondary N) is 1. The third kappa shape index (κ3) is 2.35. The molecule has 2 aliphatic rings. The van der Waals surface area contributed by atoms with Gasteiger partial charge in [0.1, 0.15) is 5.54 Å². The van der Waals surface area contributed by atoms with Crippen LogP contribution in [-0.2, 0) is 9.59 Å². The molecular weight excluding hydrogens is 216 g/mol. The van der Waals surface area contributed by atoms with Crippen molar-refractivity contribution in [3.63, 3.8) is 0 Å². The summed E-state index contributed by atoms with van der Waals surface area (Å²) in [6.45, 7) is 6.57. The summed E-state index contributed by atoms with van der Waals surface area (Å²) < 4.78 is 0. The average molecular weight is 236 g/mol. The van der Waals surface area contributed by atoms with E-state index in [2.05, 4.69) is 5.32 Å². The fourth-order valence-corrected chi connectivity index (χ4v) is 2.33. The molecule has 0 aromatic rings. The molecule has 1 N–H and O–H groups in total. The molecule has 4 heteroatoms. The van der Waals surface area contributed by atoms with Crippen LogP contribution in [0.2, 0.25) is 0 Å². The predicted octanol–water partition coefficient (Wildman–Crippen LogP) is 1.08. The Bertz CT molecular complexity index is 381. The van der Waals surface area contributed by atoms with Crippen molar-refractivity contribution in [1.29, 1.82) is 0 Å². The lowest BCUT2D eigenvalue weighted by Gasteiger charge is -2.39. The number of hydrogen-bond donors (Lipinski definition) is 1. The highest BCUT2D eigenvalue weighted by Gasteiger charge is 2.52. The van der Waals surface area contributed by atoms with Gasteiger partial charge in [-0.3, -0.25) is 9.59 Å². The number of nitrogens with zero attached hydrogens (tertiary/aromatic N) is 1. The lowest BCUT2D eigenvalue weighted by atomic mass is 9.91. The van der Waals surface area contributed by atoms with E-state index < -0.39 is 5.54 Å². The molecule has 1 saturated carbocycles. The predicted molar refractivity (Wildman–Crippen MR) is 65.3 cm³/mol. The average Bonchev–Trinajstić information content (AvgIpc) is 3.04. The van der Waals surface area contributed by atoms with Gasteiger partial charge in [0.05, 0.1) is 6.54 Å². The Kier molecular flexibility index (Phi) is 2.98. The van der Waals surface area contributed by atoms with E-state index in [1.165, 1.54) is 0 Å². The smallest absolute Gasteiger partial charge is 0.249 e. The van der Waals surface area contributed by atoms with Gasteiger partial charge in [0.2, 0.25) is 11.8 Å². The molecule has 0 aromatic heterocycles. The maximum absolute atomic E-state index is 12.4. The van der Waals surface area contributed by atoms with E-state index in [9.17, 15) is 9.59 Å². The van der Waals surface area contributed by atoms with Gasteiger partial charge in [-0.1, -0.05) is 11.6 Å². The van der Waals surface area contributed by atoms with Gasteiger partial charge in [0.15, 0.2) is 0 Å². The molecule has 0 bridgehead atoms. The summed E-state index contributed by atoms with van der Waals surface area (Å²) in [5.41, 5.74) is 0.502. The molecule has 1 atom stereocenters. The second-order valence-corrected chi connectivity index (χ2v) is 5.49. The van der Waals surface area contributed by atoms with Gasteiger partial charge in [0, 0.05) is 6.54 Å². The standard InChI is InChI=1S/C13H20N2O2/c1-9(2)6-7-15-8-11(16)14-13(3,12(15)17)10-4-5-10/h6,10H,4-5,7-8H2,1-3H3,(H,14,16). The molecule has 1 heterocycles. The quantitative estimate of drug-likeness (QED) is 0.745. The molecule has 1 unspecified atom stereocenters. The summed E-state index contributed by atoms with van der Waals surface area (Å²) in [4.78, 5) is 25.7. The first-order valence-corrected chi connectivity index (χ1v) is 6.17. The maximum Gasteiger partial charge on any atom is 0.249 e. The van der Waals surface area contributed by atoms with Gasteiger partial charge < -0.3 is 10.2 Å². The Morgan fingerprint density at radius 1 is 1.47 bits per heavy atom. The van der Waals surface area contributed by atoms with E-state index in [1.54, 1.807) is 4.90 Å². The maximum atomic E-state index is 12.4. The van der Waals surface area contributed by atoms with Crippen LogP contribution in [0, 0.1) is 5.92 Å². The summed E-state index contributed by atoms with van der Waals surface area (Å²) >= 11 is 0. The summed E-state index contributed by atoms with van der Waals surface area (Å²) in [7, 11) is 0. The van der Waals surface area contributed by atoms with Crippen LogP contribution in [0.15, 0.2) is 11.6 Å². The van der Waals surface area contributed by atoms with Crippen molar-refractivity contribution >= 4 is 11.8 Å². The molecule has 0 spiro atoms. The number of piperazine rings is 1. The molecule has 2 fully saturated rings. The van der Waals surface area contributed by atoms with E-state index in [-0.39, 0.29) is 18.4 Å². The van der Waals surface area contributed by atoms with E-state index in [4.69, 9.17) is 0 Å². The van der Waals surface area contributed by atoms with E-state index >= 15 is 0 Å². The van der Waals surface area contributed by atoms with Crippen molar-refractivity contribution in [2.24, 2.45) is 5.92 Å². The Hall–Kier alpha value is -1.32. The molecule has 0 aromatic carbocycles. The SMILES string of the molecule is CC(C)=CCN1CC(=O)NC(C)(C2CC2)C1=O. The van der Waals surface area contributed by atoms with Crippen molar-refractivity contribution in [2.45, 2.75) is 39.2 Å². The van der Waals surface area contributed by atoms with E-state index in [0.717, 1.165) is 18.4 Å². The molecule has 94 valence electrons. The fourth-order valence-electron chi connectivity index (χ4n) is 2.33. The molecule has 1 saturated heterocycles. The van der Waals surface area contributed by atoms with Crippen molar-refractivity contribution in [3.8, 4) is 0 Å². The van der Waals surface area contributed by atoms with Crippen LogP contribution in [0.1, 0.15) is 33.6 Å². The van der Waals surface area contributed by atoms with Crippen LogP contribution in [0.25, 0.3) is 0 Å². The van der Waals surface area contributed by atoms with Crippen LogP contribution >= 0.6 is 0 Å². The first kappa shape index (κ1) is 12.1. The second-order valence-electron chi connectivity index (χ2n) is 5.49. The third-order valence-corrected chi connectivity index (χ3v) is 3.58. The molecule has 17 heavy (non-hydrogen) atoms. The highest BCUT2D eigenvalue weighted by Crippen LogP contribution is 2.41. The Morgan fingerprint density at radius 3 is 2.65 bits per heavy atom. The van der Waals surface area contributed by atoms with E-state index in [0.29, 0.717) is 12.5 Å². The number of rotatable bonds is 3. The minimum absolute atomic E-state index is 0.0406. The number of carbonyl (C=O) groups is 2. The van der Waals surface area contributed by atoms with Crippen molar-refractivity contribution in [3.05, 3.63) is 11.6 Å². The van der Waals surface area contributed by atoms with Crippen molar-refractivity contribution in [2.75, 3.05) is 13.1 Å². The zero-order valence-corrected chi connectivity index (χ0v) is 10.7. The number of carbonyl (C=O) groups excluding carboxylic acids is 2. The van der Waals surface area contributed by atoms with Crippen LogP contribution in [0.4, 0.5) is 0 Å². The molecule has 1 aliphatic carbocycles.